The summed E-state index contributed by atoms with van der Waals surface area (Å²) in [4.78, 5) is 4.47. The number of unbranched alkanes of at least 4 members (excludes halogenated alkanes) is 1. The van der Waals surface area contributed by atoms with Crippen molar-refractivity contribution in [3.05, 3.63) is 41.6 Å². The minimum atomic E-state index is -4.04. The van der Waals surface area contributed by atoms with Gasteiger partial charge in [0.1, 0.15) is 0 Å². The number of hydrogen-bond acceptors (Lipinski definition) is 2. The van der Waals surface area contributed by atoms with Crippen LogP contribution in [0.15, 0.2) is 30.3 Å². The van der Waals surface area contributed by atoms with E-state index in [9.17, 15) is 13.2 Å². The lowest BCUT2D eigenvalue weighted by molar-refractivity contribution is -0.135. The van der Waals surface area contributed by atoms with Crippen molar-refractivity contribution in [3.8, 4) is 0 Å². The second kappa shape index (κ2) is 6.89. The lowest BCUT2D eigenvalue weighted by Gasteiger charge is -2.10. The van der Waals surface area contributed by atoms with E-state index in [2.05, 4.69) is 10.3 Å². The average molecular weight is 296 g/mol. The first-order chi connectivity index (χ1) is 9.96. The molecule has 21 heavy (non-hydrogen) atoms. The first-order valence-corrected chi connectivity index (χ1v) is 7.08. The van der Waals surface area contributed by atoms with Crippen LogP contribution in [0.5, 0.6) is 0 Å². The van der Waals surface area contributed by atoms with Crippen molar-refractivity contribution in [3.63, 3.8) is 0 Å². The largest absolute Gasteiger partial charge is 0.389 e. The van der Waals surface area contributed by atoms with Gasteiger partial charge in [0.15, 0.2) is 0 Å². The van der Waals surface area contributed by atoms with Crippen LogP contribution in [0.2, 0.25) is 0 Å². The van der Waals surface area contributed by atoms with Gasteiger partial charge in [0.2, 0.25) is 0 Å². The zero-order valence-electron chi connectivity index (χ0n) is 12.0. The maximum atomic E-state index is 12.0. The van der Waals surface area contributed by atoms with Gasteiger partial charge in [-0.2, -0.15) is 13.2 Å². The summed E-state index contributed by atoms with van der Waals surface area (Å²) in [6, 6.07) is 9.91. The standard InChI is InChI=1S/C16H19F3N2/c1-12-10-13(14-6-2-3-7-15(14)21-12)11-20-9-5-4-8-16(17,18)19/h2-3,6-7,10,20H,4-5,8-9,11H2,1H3. The van der Waals surface area contributed by atoms with Gasteiger partial charge in [-0.05, 0) is 44.0 Å². The SMILES string of the molecule is Cc1cc(CNCCCCC(F)(F)F)c2ccccc2n1. The summed E-state index contributed by atoms with van der Waals surface area (Å²) in [5.74, 6) is 0. The number of aryl methyl sites for hydroxylation is 1. The molecule has 0 aliphatic rings. The summed E-state index contributed by atoms with van der Waals surface area (Å²) < 4.78 is 36.1. The van der Waals surface area contributed by atoms with Crippen LogP contribution in [-0.4, -0.2) is 17.7 Å². The molecule has 0 saturated carbocycles. The van der Waals surface area contributed by atoms with Crippen molar-refractivity contribution in [2.45, 2.75) is 38.9 Å². The van der Waals surface area contributed by atoms with Crippen molar-refractivity contribution >= 4 is 10.9 Å². The molecule has 0 unspecified atom stereocenters. The smallest absolute Gasteiger partial charge is 0.313 e. The fourth-order valence-electron chi connectivity index (χ4n) is 2.34. The van der Waals surface area contributed by atoms with Crippen LogP contribution >= 0.6 is 0 Å². The van der Waals surface area contributed by atoms with Crippen molar-refractivity contribution in [2.75, 3.05) is 6.54 Å². The fourth-order valence-corrected chi connectivity index (χ4v) is 2.34. The summed E-state index contributed by atoms with van der Waals surface area (Å²) in [6.07, 6.45) is -4.04. The number of nitrogens with zero attached hydrogens (tertiary/aromatic N) is 1. The predicted molar refractivity (Wildman–Crippen MR) is 78.1 cm³/mol. The van der Waals surface area contributed by atoms with Crippen LogP contribution < -0.4 is 5.32 Å². The highest BCUT2D eigenvalue weighted by Gasteiger charge is 2.25. The van der Waals surface area contributed by atoms with Gasteiger partial charge in [0, 0.05) is 24.0 Å². The molecule has 5 heteroatoms. The molecule has 1 N–H and O–H groups in total. The Morgan fingerprint density at radius 1 is 1.14 bits per heavy atom. The summed E-state index contributed by atoms with van der Waals surface area (Å²) in [5.41, 5.74) is 3.03. The average Bonchev–Trinajstić information content (AvgIpc) is 2.41. The lowest BCUT2D eigenvalue weighted by Crippen LogP contribution is -2.16. The van der Waals surface area contributed by atoms with Crippen LogP contribution in [0.1, 0.15) is 30.5 Å². The second-order valence-electron chi connectivity index (χ2n) is 5.19. The first-order valence-electron chi connectivity index (χ1n) is 7.08. The predicted octanol–water partition coefficient (Wildman–Crippen LogP) is 4.37. The number of para-hydroxylation sites is 1. The topological polar surface area (TPSA) is 24.9 Å². The molecule has 1 aromatic carbocycles. The third kappa shape index (κ3) is 5.01. The Balaban J connectivity index is 1.86. The quantitative estimate of drug-likeness (QED) is 0.801. The fraction of sp³-hybridized carbons (Fsp3) is 0.438. The molecule has 1 aromatic heterocycles. The Kier molecular flexibility index (Phi) is 5.17. The van der Waals surface area contributed by atoms with Crippen LogP contribution in [0.25, 0.3) is 10.9 Å². The first kappa shape index (κ1) is 15.8. The Morgan fingerprint density at radius 3 is 2.67 bits per heavy atom. The van der Waals surface area contributed by atoms with Gasteiger partial charge < -0.3 is 5.32 Å². The molecule has 0 aliphatic carbocycles. The van der Waals surface area contributed by atoms with Crippen molar-refractivity contribution in [2.24, 2.45) is 0 Å². The molecule has 0 aliphatic heterocycles. The molecule has 0 amide bonds. The number of benzene rings is 1. The van der Waals surface area contributed by atoms with Gasteiger partial charge in [-0.1, -0.05) is 18.2 Å². The highest BCUT2D eigenvalue weighted by Crippen LogP contribution is 2.22. The molecule has 114 valence electrons. The maximum absolute atomic E-state index is 12.0. The molecule has 0 radical (unpaired) electrons. The van der Waals surface area contributed by atoms with E-state index >= 15 is 0 Å². The number of aromatic nitrogens is 1. The van der Waals surface area contributed by atoms with Gasteiger partial charge in [-0.15, -0.1) is 0 Å². The van der Waals surface area contributed by atoms with Crippen molar-refractivity contribution in [1.29, 1.82) is 0 Å². The van der Waals surface area contributed by atoms with Crippen LogP contribution in [0.4, 0.5) is 13.2 Å². The van der Waals surface area contributed by atoms with E-state index in [0.29, 0.717) is 19.5 Å². The molecule has 2 rings (SSSR count). The van der Waals surface area contributed by atoms with Crippen LogP contribution in [0, 0.1) is 6.92 Å². The number of alkyl halides is 3. The highest BCUT2D eigenvalue weighted by atomic mass is 19.4. The summed E-state index contributed by atoms with van der Waals surface area (Å²) in [7, 11) is 0. The minimum absolute atomic E-state index is 0.173. The monoisotopic (exact) mass is 296 g/mol. The van der Waals surface area contributed by atoms with E-state index in [1.807, 2.05) is 37.3 Å². The molecule has 0 bridgehead atoms. The molecule has 0 fully saturated rings. The lowest BCUT2D eigenvalue weighted by atomic mass is 10.1. The highest BCUT2D eigenvalue weighted by molar-refractivity contribution is 5.82. The number of fused-ring (bicyclic) bond motifs is 1. The number of halogens is 3. The number of rotatable bonds is 6. The zero-order chi connectivity index (χ0) is 15.3. The Labute approximate surface area is 122 Å². The Hall–Kier alpha value is -1.62. The maximum Gasteiger partial charge on any atom is 0.389 e. The molecule has 0 saturated heterocycles. The van der Waals surface area contributed by atoms with Crippen molar-refractivity contribution < 1.29 is 13.2 Å². The van der Waals surface area contributed by atoms with Gasteiger partial charge in [-0.3, -0.25) is 4.98 Å². The molecule has 0 atom stereocenters. The van der Waals surface area contributed by atoms with Crippen molar-refractivity contribution in [1.82, 2.24) is 10.3 Å². The van der Waals surface area contributed by atoms with E-state index in [1.165, 1.54) is 0 Å². The molecule has 2 aromatic rings. The zero-order valence-corrected chi connectivity index (χ0v) is 12.0. The van der Waals surface area contributed by atoms with E-state index in [0.717, 1.165) is 22.2 Å². The summed E-state index contributed by atoms with van der Waals surface area (Å²) in [5, 5.41) is 4.30. The Morgan fingerprint density at radius 2 is 1.90 bits per heavy atom. The van der Waals surface area contributed by atoms with E-state index in [1.54, 1.807) is 0 Å². The van der Waals surface area contributed by atoms with Gasteiger partial charge in [0.05, 0.1) is 5.52 Å². The molecule has 0 spiro atoms. The number of hydrogen-bond donors (Lipinski definition) is 1. The van der Waals surface area contributed by atoms with Gasteiger partial charge in [-0.25, -0.2) is 0 Å². The van der Waals surface area contributed by atoms with Crippen LogP contribution in [-0.2, 0) is 6.54 Å². The molecule has 2 nitrogen and oxygen atoms in total. The minimum Gasteiger partial charge on any atom is -0.313 e. The molecule has 1 heterocycles. The second-order valence-corrected chi connectivity index (χ2v) is 5.19. The number of pyridine rings is 1. The third-order valence-corrected chi connectivity index (χ3v) is 3.31. The molecular formula is C16H19F3N2. The molecular weight excluding hydrogens is 277 g/mol. The number of nitrogens with one attached hydrogen (secondary N) is 1. The summed E-state index contributed by atoms with van der Waals surface area (Å²) in [6.45, 7) is 3.18. The normalized spacial score (nSPS) is 12.0. The van der Waals surface area contributed by atoms with E-state index in [-0.39, 0.29) is 6.42 Å². The van der Waals surface area contributed by atoms with E-state index < -0.39 is 12.6 Å². The summed E-state index contributed by atoms with van der Waals surface area (Å²) >= 11 is 0. The Bertz CT molecular complexity index is 594. The van der Waals surface area contributed by atoms with Crippen LogP contribution in [0.3, 0.4) is 0 Å². The van der Waals surface area contributed by atoms with Gasteiger partial charge in [0.25, 0.3) is 0 Å². The van der Waals surface area contributed by atoms with Gasteiger partial charge >= 0.3 is 6.18 Å². The van der Waals surface area contributed by atoms with E-state index in [4.69, 9.17) is 0 Å². The third-order valence-electron chi connectivity index (χ3n) is 3.31.